The van der Waals surface area contributed by atoms with Crippen molar-refractivity contribution in [1.82, 2.24) is 4.31 Å². The Morgan fingerprint density at radius 2 is 1.90 bits per heavy atom. The molecule has 1 aromatic carbocycles. The van der Waals surface area contributed by atoms with Crippen LogP contribution in [-0.2, 0) is 23.0 Å². The van der Waals surface area contributed by atoms with Crippen LogP contribution in [0.3, 0.4) is 0 Å². The van der Waals surface area contributed by atoms with Gasteiger partial charge in [-0.1, -0.05) is 24.3 Å². The van der Waals surface area contributed by atoms with Crippen LogP contribution < -0.4 is 0 Å². The molecule has 0 unspecified atom stereocenters. The van der Waals surface area contributed by atoms with Gasteiger partial charge in [0.05, 0.1) is 0 Å². The Bertz CT molecular complexity index is 707. The van der Waals surface area contributed by atoms with Crippen LogP contribution in [0.2, 0.25) is 0 Å². The Morgan fingerprint density at radius 3 is 2.57 bits per heavy atom. The molecule has 0 saturated carbocycles. The third kappa shape index (κ3) is 3.71. The Balaban J connectivity index is 2.20. The standard InChI is InChI=1S/C15H19NO3S2/c1-12-5-3-4-6-13(12)11-16(2)21(18,19)15-8-7-14(20-15)9-10-17/h3-8,17H,9-11H2,1-2H3. The lowest BCUT2D eigenvalue weighted by molar-refractivity contribution is 0.300. The lowest BCUT2D eigenvalue weighted by Crippen LogP contribution is -2.26. The molecule has 0 radical (unpaired) electrons. The summed E-state index contributed by atoms with van der Waals surface area (Å²) in [6.45, 7) is 2.35. The number of hydrogen-bond acceptors (Lipinski definition) is 4. The van der Waals surface area contributed by atoms with Gasteiger partial charge < -0.3 is 5.11 Å². The molecule has 0 aliphatic carbocycles. The van der Waals surface area contributed by atoms with Gasteiger partial charge in [-0.05, 0) is 30.2 Å². The number of aliphatic hydroxyl groups is 1. The van der Waals surface area contributed by atoms with E-state index in [0.717, 1.165) is 16.0 Å². The van der Waals surface area contributed by atoms with Crippen molar-refractivity contribution in [2.24, 2.45) is 0 Å². The Labute approximate surface area is 129 Å². The molecule has 0 fully saturated rings. The molecular formula is C15H19NO3S2. The highest BCUT2D eigenvalue weighted by Crippen LogP contribution is 2.25. The Kier molecular flexibility index (Phi) is 5.16. The first-order chi connectivity index (χ1) is 9.95. The van der Waals surface area contributed by atoms with Crippen molar-refractivity contribution in [2.45, 2.75) is 24.1 Å². The molecule has 0 aliphatic rings. The molecule has 2 rings (SSSR count). The van der Waals surface area contributed by atoms with Crippen LogP contribution in [0.1, 0.15) is 16.0 Å². The molecule has 4 nitrogen and oxygen atoms in total. The normalized spacial score (nSPS) is 12.0. The molecule has 1 N–H and O–H groups in total. The van der Waals surface area contributed by atoms with Crippen molar-refractivity contribution in [3.8, 4) is 0 Å². The maximum absolute atomic E-state index is 12.5. The molecule has 0 bridgehead atoms. The third-order valence-corrected chi connectivity index (χ3v) is 6.73. The minimum absolute atomic E-state index is 0.0268. The third-order valence-electron chi connectivity index (χ3n) is 3.31. The van der Waals surface area contributed by atoms with E-state index in [9.17, 15) is 8.42 Å². The molecule has 0 atom stereocenters. The maximum Gasteiger partial charge on any atom is 0.252 e. The van der Waals surface area contributed by atoms with Gasteiger partial charge in [0.15, 0.2) is 0 Å². The molecule has 1 heterocycles. The van der Waals surface area contributed by atoms with Gasteiger partial charge in [-0.2, -0.15) is 4.31 Å². The van der Waals surface area contributed by atoms with Crippen LogP contribution >= 0.6 is 11.3 Å². The van der Waals surface area contributed by atoms with E-state index in [1.807, 2.05) is 31.2 Å². The van der Waals surface area contributed by atoms with Gasteiger partial charge in [-0.15, -0.1) is 11.3 Å². The van der Waals surface area contributed by atoms with Crippen LogP contribution in [-0.4, -0.2) is 31.5 Å². The molecular weight excluding hydrogens is 306 g/mol. The number of nitrogens with zero attached hydrogens (tertiary/aromatic N) is 1. The first-order valence-electron chi connectivity index (χ1n) is 6.65. The van der Waals surface area contributed by atoms with Gasteiger partial charge in [0.25, 0.3) is 10.0 Å². The van der Waals surface area contributed by atoms with E-state index >= 15 is 0 Å². The Hall–Kier alpha value is -1.21. The molecule has 21 heavy (non-hydrogen) atoms. The van der Waals surface area contributed by atoms with Gasteiger partial charge in [-0.25, -0.2) is 8.42 Å². The second-order valence-corrected chi connectivity index (χ2v) is 8.32. The van der Waals surface area contributed by atoms with Crippen LogP contribution in [0.15, 0.2) is 40.6 Å². The van der Waals surface area contributed by atoms with E-state index in [1.165, 1.54) is 15.6 Å². The van der Waals surface area contributed by atoms with Crippen molar-refractivity contribution in [3.05, 3.63) is 52.4 Å². The SMILES string of the molecule is Cc1ccccc1CN(C)S(=O)(=O)c1ccc(CCO)s1. The molecule has 6 heteroatoms. The zero-order valence-electron chi connectivity index (χ0n) is 12.1. The van der Waals surface area contributed by atoms with Crippen molar-refractivity contribution in [2.75, 3.05) is 13.7 Å². The largest absolute Gasteiger partial charge is 0.396 e. The van der Waals surface area contributed by atoms with E-state index < -0.39 is 10.0 Å². The summed E-state index contributed by atoms with van der Waals surface area (Å²) in [6, 6.07) is 11.1. The number of aliphatic hydroxyl groups excluding tert-OH is 1. The molecule has 0 amide bonds. The maximum atomic E-state index is 12.5. The number of benzene rings is 1. The number of thiophene rings is 1. The molecule has 0 spiro atoms. The van der Waals surface area contributed by atoms with Gasteiger partial charge in [-0.3, -0.25) is 0 Å². The van der Waals surface area contributed by atoms with Gasteiger partial charge in [0.2, 0.25) is 0 Å². The fourth-order valence-electron chi connectivity index (χ4n) is 2.01. The monoisotopic (exact) mass is 325 g/mol. The number of rotatable bonds is 6. The Morgan fingerprint density at radius 1 is 1.19 bits per heavy atom. The summed E-state index contributed by atoms with van der Waals surface area (Å²) in [5.41, 5.74) is 2.07. The zero-order valence-corrected chi connectivity index (χ0v) is 13.7. The van der Waals surface area contributed by atoms with Gasteiger partial charge >= 0.3 is 0 Å². The summed E-state index contributed by atoms with van der Waals surface area (Å²) in [5.74, 6) is 0. The quantitative estimate of drug-likeness (QED) is 0.887. The highest BCUT2D eigenvalue weighted by molar-refractivity contribution is 7.91. The molecule has 1 aromatic heterocycles. The van der Waals surface area contributed by atoms with Gasteiger partial charge in [0.1, 0.15) is 4.21 Å². The summed E-state index contributed by atoms with van der Waals surface area (Å²) >= 11 is 1.22. The van der Waals surface area contributed by atoms with E-state index in [4.69, 9.17) is 5.11 Å². The topological polar surface area (TPSA) is 57.6 Å². The number of hydrogen-bond donors (Lipinski definition) is 1. The summed E-state index contributed by atoms with van der Waals surface area (Å²) in [7, 11) is -1.89. The zero-order chi connectivity index (χ0) is 15.5. The average molecular weight is 325 g/mol. The van der Waals surface area contributed by atoms with Gasteiger partial charge in [0, 0.05) is 31.5 Å². The lowest BCUT2D eigenvalue weighted by atomic mass is 10.1. The second-order valence-electron chi connectivity index (χ2n) is 4.88. The minimum atomic E-state index is -3.48. The first-order valence-corrected chi connectivity index (χ1v) is 8.91. The predicted molar refractivity (Wildman–Crippen MR) is 84.9 cm³/mol. The van der Waals surface area contributed by atoms with Crippen LogP contribution in [0.5, 0.6) is 0 Å². The fourth-order valence-corrected chi connectivity index (χ4v) is 4.71. The predicted octanol–water partition coefficient (Wildman–Crippen LogP) is 2.41. The van der Waals surface area contributed by atoms with Crippen LogP contribution in [0.25, 0.3) is 0 Å². The van der Waals surface area contributed by atoms with E-state index in [0.29, 0.717) is 17.2 Å². The van der Waals surface area contributed by atoms with Crippen LogP contribution in [0, 0.1) is 6.92 Å². The van der Waals surface area contributed by atoms with Crippen molar-refractivity contribution in [1.29, 1.82) is 0 Å². The first kappa shape index (κ1) is 16.2. The second kappa shape index (κ2) is 6.70. The average Bonchev–Trinajstić information content (AvgIpc) is 2.91. The molecule has 0 saturated heterocycles. The van der Waals surface area contributed by atoms with Crippen molar-refractivity contribution >= 4 is 21.4 Å². The minimum Gasteiger partial charge on any atom is -0.396 e. The summed E-state index contributed by atoms with van der Waals surface area (Å²) < 4.78 is 26.8. The van der Waals surface area contributed by atoms with Crippen LogP contribution in [0.4, 0.5) is 0 Å². The molecule has 114 valence electrons. The fraction of sp³-hybridized carbons (Fsp3) is 0.333. The lowest BCUT2D eigenvalue weighted by Gasteiger charge is -2.17. The smallest absolute Gasteiger partial charge is 0.252 e. The highest BCUT2D eigenvalue weighted by atomic mass is 32.2. The van der Waals surface area contributed by atoms with E-state index in [-0.39, 0.29) is 6.61 Å². The number of sulfonamides is 1. The molecule has 0 aliphatic heterocycles. The van der Waals surface area contributed by atoms with E-state index in [1.54, 1.807) is 19.2 Å². The highest BCUT2D eigenvalue weighted by Gasteiger charge is 2.23. The van der Waals surface area contributed by atoms with E-state index in [2.05, 4.69) is 0 Å². The van der Waals surface area contributed by atoms with Crippen molar-refractivity contribution < 1.29 is 13.5 Å². The summed E-state index contributed by atoms with van der Waals surface area (Å²) in [4.78, 5) is 0.875. The summed E-state index contributed by atoms with van der Waals surface area (Å²) in [6.07, 6.45) is 0.488. The molecule has 2 aromatic rings. The summed E-state index contributed by atoms with van der Waals surface area (Å²) in [5, 5.41) is 8.91. The number of aryl methyl sites for hydroxylation is 1. The van der Waals surface area contributed by atoms with Crippen molar-refractivity contribution in [3.63, 3.8) is 0 Å².